The van der Waals surface area contributed by atoms with Crippen molar-refractivity contribution in [2.24, 2.45) is 5.92 Å². The van der Waals surface area contributed by atoms with Crippen molar-refractivity contribution in [3.05, 3.63) is 29.1 Å². The van der Waals surface area contributed by atoms with E-state index in [4.69, 9.17) is 9.72 Å². The Morgan fingerprint density at radius 3 is 2.54 bits per heavy atom. The zero-order valence-electron chi connectivity index (χ0n) is 21.2. The fourth-order valence-corrected chi connectivity index (χ4v) is 6.51. The van der Waals surface area contributed by atoms with Crippen LogP contribution in [0.15, 0.2) is 23.6 Å². The maximum Gasteiger partial charge on any atom is 0.323 e. The molecule has 1 saturated carbocycles. The van der Waals surface area contributed by atoms with Crippen LogP contribution in [0, 0.1) is 5.92 Å². The highest BCUT2D eigenvalue weighted by atomic mass is 32.1. The number of amides is 2. The third kappa shape index (κ3) is 5.98. The smallest absolute Gasteiger partial charge is 0.323 e. The number of carbonyl (C=O) groups excluding carboxylic acids is 1. The summed E-state index contributed by atoms with van der Waals surface area (Å²) >= 11 is 1.48. The Morgan fingerprint density at radius 1 is 1.09 bits per heavy atom. The van der Waals surface area contributed by atoms with E-state index < -0.39 is 0 Å². The molecule has 2 amide bonds. The van der Waals surface area contributed by atoms with Crippen molar-refractivity contribution < 1.29 is 9.53 Å². The molecule has 0 unspecified atom stereocenters. The molecule has 1 N–H and O–H groups in total. The molecule has 1 aromatic carbocycles. The molecule has 2 aromatic rings. The van der Waals surface area contributed by atoms with Crippen molar-refractivity contribution in [1.82, 2.24) is 19.7 Å². The van der Waals surface area contributed by atoms with Crippen molar-refractivity contribution in [2.75, 3.05) is 65.3 Å². The van der Waals surface area contributed by atoms with Gasteiger partial charge < -0.3 is 14.5 Å². The summed E-state index contributed by atoms with van der Waals surface area (Å²) in [4.78, 5) is 24.6. The number of anilines is 1. The summed E-state index contributed by atoms with van der Waals surface area (Å²) in [5.41, 5.74) is 3.25. The lowest BCUT2D eigenvalue weighted by Gasteiger charge is -2.38. The number of carbonyl (C=O) groups is 1. The predicted molar refractivity (Wildman–Crippen MR) is 143 cm³/mol. The van der Waals surface area contributed by atoms with Gasteiger partial charge in [0.15, 0.2) is 5.13 Å². The Bertz CT molecular complexity index is 989. The van der Waals surface area contributed by atoms with Crippen LogP contribution in [-0.4, -0.2) is 85.7 Å². The molecule has 1 aromatic heterocycles. The second-order valence-corrected chi connectivity index (χ2v) is 11.3. The van der Waals surface area contributed by atoms with E-state index in [-0.39, 0.29) is 6.03 Å². The van der Waals surface area contributed by atoms with Crippen LogP contribution < -0.4 is 10.1 Å². The van der Waals surface area contributed by atoms with Crippen LogP contribution in [0.1, 0.15) is 50.0 Å². The number of nitrogens with one attached hydrogen (secondary N) is 1. The van der Waals surface area contributed by atoms with E-state index >= 15 is 0 Å². The van der Waals surface area contributed by atoms with Crippen LogP contribution in [0.25, 0.3) is 11.3 Å². The van der Waals surface area contributed by atoms with Crippen molar-refractivity contribution in [1.29, 1.82) is 0 Å². The van der Waals surface area contributed by atoms with Crippen LogP contribution in [-0.2, 0) is 0 Å². The normalized spacial score (nSPS) is 20.9. The predicted octanol–water partition coefficient (Wildman–Crippen LogP) is 4.97. The Morgan fingerprint density at radius 2 is 1.83 bits per heavy atom. The highest BCUT2D eigenvalue weighted by Gasteiger charge is 2.25. The largest absolute Gasteiger partial charge is 0.496 e. The zero-order chi connectivity index (χ0) is 24.2. The summed E-state index contributed by atoms with van der Waals surface area (Å²) in [5.74, 6) is 2.26. The monoisotopic (exact) mass is 497 g/mol. The molecule has 8 heteroatoms. The van der Waals surface area contributed by atoms with E-state index in [1.54, 1.807) is 7.11 Å². The Kier molecular flexibility index (Phi) is 7.90. The minimum absolute atomic E-state index is 0.0449. The molecule has 190 valence electrons. The molecule has 5 rings (SSSR count). The number of thiazole rings is 1. The number of methoxy groups -OCH3 is 1. The minimum atomic E-state index is -0.0449. The van der Waals surface area contributed by atoms with E-state index in [9.17, 15) is 4.79 Å². The molecule has 0 radical (unpaired) electrons. The van der Waals surface area contributed by atoms with Gasteiger partial charge in [-0.3, -0.25) is 10.2 Å². The lowest BCUT2D eigenvalue weighted by molar-refractivity contribution is 0.113. The number of rotatable bonds is 6. The summed E-state index contributed by atoms with van der Waals surface area (Å²) in [5, 5.41) is 5.70. The number of hydrogen-bond acceptors (Lipinski definition) is 6. The lowest BCUT2D eigenvalue weighted by Crippen LogP contribution is -2.51. The SMILES string of the molecule is COc1ccc(C2CCCC2)cc1-c1csc(NC(=O)N2CCN(CC3CCN(C)CC3)CC2)n1. The van der Waals surface area contributed by atoms with Crippen LogP contribution >= 0.6 is 11.3 Å². The van der Waals surface area contributed by atoms with Crippen molar-refractivity contribution in [2.45, 2.75) is 44.4 Å². The number of hydrogen-bond donors (Lipinski definition) is 1. The number of piperazine rings is 1. The molecule has 0 bridgehead atoms. The first-order chi connectivity index (χ1) is 17.1. The number of piperidine rings is 1. The molecule has 2 saturated heterocycles. The van der Waals surface area contributed by atoms with Gasteiger partial charge in [-0.05, 0) is 75.4 Å². The van der Waals surface area contributed by atoms with E-state index in [0.717, 1.165) is 49.1 Å². The van der Waals surface area contributed by atoms with Gasteiger partial charge in [0.2, 0.25) is 0 Å². The van der Waals surface area contributed by atoms with Crippen molar-refractivity contribution in [3.63, 3.8) is 0 Å². The van der Waals surface area contributed by atoms with Crippen molar-refractivity contribution >= 4 is 22.5 Å². The topological polar surface area (TPSA) is 60.9 Å². The Labute approximate surface area is 213 Å². The number of likely N-dealkylation sites (tertiary alicyclic amines) is 1. The van der Waals surface area contributed by atoms with Crippen LogP contribution in [0.4, 0.5) is 9.93 Å². The molecule has 1 aliphatic carbocycles. The molecule has 3 aliphatic rings. The summed E-state index contributed by atoms with van der Waals surface area (Å²) in [7, 11) is 3.92. The first-order valence-corrected chi connectivity index (χ1v) is 14.1. The molecule has 3 heterocycles. The number of benzene rings is 1. The second kappa shape index (κ2) is 11.3. The Hall–Kier alpha value is -2.16. The van der Waals surface area contributed by atoms with Gasteiger partial charge in [0.25, 0.3) is 0 Å². The van der Waals surface area contributed by atoms with E-state index in [1.165, 1.54) is 75.1 Å². The van der Waals surface area contributed by atoms with E-state index in [1.807, 2.05) is 10.3 Å². The molecule has 0 spiro atoms. The van der Waals surface area contributed by atoms with E-state index in [0.29, 0.717) is 11.0 Å². The third-order valence-electron chi connectivity index (χ3n) is 8.06. The summed E-state index contributed by atoms with van der Waals surface area (Å²) < 4.78 is 5.63. The van der Waals surface area contributed by atoms with E-state index in [2.05, 4.69) is 40.4 Å². The van der Waals surface area contributed by atoms with Crippen LogP contribution in [0.5, 0.6) is 5.75 Å². The summed E-state index contributed by atoms with van der Waals surface area (Å²) in [6.45, 7) is 7.03. The Balaban J connectivity index is 1.16. The lowest BCUT2D eigenvalue weighted by atomic mass is 9.95. The molecule has 7 nitrogen and oxygen atoms in total. The zero-order valence-corrected chi connectivity index (χ0v) is 22.0. The van der Waals surface area contributed by atoms with Gasteiger partial charge in [0.1, 0.15) is 5.75 Å². The number of aromatic nitrogens is 1. The fraction of sp³-hybridized carbons (Fsp3) is 0.630. The van der Waals surface area contributed by atoms with Gasteiger partial charge in [-0.15, -0.1) is 11.3 Å². The second-order valence-electron chi connectivity index (χ2n) is 10.4. The minimum Gasteiger partial charge on any atom is -0.496 e. The third-order valence-corrected chi connectivity index (χ3v) is 8.82. The molecule has 2 aliphatic heterocycles. The molecular formula is C27H39N5O2S. The molecule has 35 heavy (non-hydrogen) atoms. The standard InChI is InChI=1S/C27H39N5O2S/c1-30-11-9-20(10-12-30)18-31-13-15-32(16-14-31)27(33)29-26-28-24(19-35-26)23-17-22(7-8-25(23)34-2)21-5-3-4-6-21/h7-8,17,19-21H,3-6,9-16,18H2,1-2H3,(H,28,29,33). The van der Waals surface area contributed by atoms with Gasteiger partial charge in [-0.25, -0.2) is 9.78 Å². The fourth-order valence-electron chi connectivity index (χ4n) is 5.81. The summed E-state index contributed by atoms with van der Waals surface area (Å²) in [6.07, 6.45) is 7.72. The molecular weight excluding hydrogens is 458 g/mol. The van der Waals surface area contributed by atoms with Crippen LogP contribution in [0.3, 0.4) is 0 Å². The molecule has 0 atom stereocenters. The van der Waals surface area contributed by atoms with Gasteiger partial charge in [0.05, 0.1) is 12.8 Å². The average Bonchev–Trinajstić information content (AvgIpc) is 3.58. The maximum atomic E-state index is 12.9. The van der Waals surface area contributed by atoms with Gasteiger partial charge >= 0.3 is 6.03 Å². The number of nitrogens with zero attached hydrogens (tertiary/aromatic N) is 4. The number of urea groups is 1. The number of ether oxygens (including phenoxy) is 1. The van der Waals surface area contributed by atoms with Gasteiger partial charge in [0, 0.05) is 43.7 Å². The highest BCUT2D eigenvalue weighted by Crippen LogP contribution is 2.39. The quantitative estimate of drug-likeness (QED) is 0.611. The first-order valence-electron chi connectivity index (χ1n) is 13.2. The molecule has 3 fully saturated rings. The average molecular weight is 498 g/mol. The van der Waals surface area contributed by atoms with Crippen molar-refractivity contribution in [3.8, 4) is 17.0 Å². The van der Waals surface area contributed by atoms with Gasteiger partial charge in [-0.1, -0.05) is 18.9 Å². The van der Waals surface area contributed by atoms with Crippen LogP contribution in [0.2, 0.25) is 0 Å². The first kappa shape index (κ1) is 24.5. The van der Waals surface area contributed by atoms with Gasteiger partial charge in [-0.2, -0.15) is 0 Å². The highest BCUT2D eigenvalue weighted by molar-refractivity contribution is 7.14. The summed E-state index contributed by atoms with van der Waals surface area (Å²) in [6, 6.07) is 6.45. The maximum absolute atomic E-state index is 12.9.